The molecule has 2 aliphatic rings. The number of oxime groups is 1. The summed E-state index contributed by atoms with van der Waals surface area (Å²) in [6.45, 7) is 0.909. The maximum Gasteiger partial charge on any atom is 0.410 e. The van der Waals surface area contributed by atoms with Crippen LogP contribution >= 0.6 is 22.9 Å². The molecule has 196 valence electrons. The lowest BCUT2D eigenvalue weighted by Gasteiger charge is -2.33. The number of thiophene rings is 1. The van der Waals surface area contributed by atoms with Crippen LogP contribution < -0.4 is 4.90 Å². The number of ketones is 1. The molecule has 2 aliphatic heterocycles. The van der Waals surface area contributed by atoms with Gasteiger partial charge in [-0.3, -0.25) is 14.5 Å². The number of hydrogen-bond donors (Lipinski definition) is 0. The van der Waals surface area contributed by atoms with Gasteiger partial charge >= 0.3 is 6.09 Å². The number of amides is 2. The third kappa shape index (κ3) is 6.23. The molecule has 1 fully saturated rings. The van der Waals surface area contributed by atoms with Crippen molar-refractivity contribution in [3.63, 3.8) is 0 Å². The summed E-state index contributed by atoms with van der Waals surface area (Å²) >= 11 is 7.20. The summed E-state index contributed by atoms with van der Waals surface area (Å²) in [6.07, 6.45) is 0.913. The third-order valence-electron chi connectivity index (χ3n) is 6.47. The molecule has 1 aromatic heterocycles. The molecule has 1 saturated heterocycles. The molecule has 38 heavy (non-hydrogen) atoms. The first-order chi connectivity index (χ1) is 18.5. The number of carbonyl (C=O) groups is 3. The van der Waals surface area contributed by atoms with Crippen LogP contribution in [0.15, 0.2) is 71.9 Å². The van der Waals surface area contributed by atoms with Gasteiger partial charge in [-0.2, -0.15) is 0 Å². The van der Waals surface area contributed by atoms with Crippen molar-refractivity contribution in [2.75, 3.05) is 24.5 Å². The fraction of sp³-hybridized carbons (Fsp3) is 0.286. The van der Waals surface area contributed by atoms with Gasteiger partial charge in [0.25, 0.3) is 0 Å². The molecule has 0 radical (unpaired) electrons. The van der Waals surface area contributed by atoms with Gasteiger partial charge in [0.2, 0.25) is 5.91 Å². The molecule has 10 heteroatoms. The lowest BCUT2D eigenvalue weighted by molar-refractivity contribution is -0.120. The topological polar surface area (TPSA) is 88.5 Å². The van der Waals surface area contributed by atoms with Crippen LogP contribution in [0.25, 0.3) is 0 Å². The van der Waals surface area contributed by atoms with Crippen LogP contribution in [0.1, 0.15) is 40.1 Å². The van der Waals surface area contributed by atoms with Gasteiger partial charge < -0.3 is 14.5 Å². The molecule has 3 aromatic rings. The highest BCUT2D eigenvalue weighted by atomic mass is 35.5. The van der Waals surface area contributed by atoms with Crippen molar-refractivity contribution in [2.24, 2.45) is 5.16 Å². The second-order valence-electron chi connectivity index (χ2n) is 9.09. The van der Waals surface area contributed by atoms with Crippen molar-refractivity contribution in [1.82, 2.24) is 4.90 Å². The molecule has 2 amide bonds. The molecule has 0 spiro atoms. The standard InChI is InChI=1S/C28H26ClN3O5S/c29-26-13-12-25(38-26)24(33)11-10-22-16-23(30-37-22)20-6-8-21(9-7-20)32-15-14-31(17-27(32)34)28(35)36-18-19-4-2-1-3-5-19/h1-9,12-13,22H,10-11,14-18H2. The van der Waals surface area contributed by atoms with E-state index < -0.39 is 6.09 Å². The van der Waals surface area contributed by atoms with Gasteiger partial charge in [0, 0.05) is 31.6 Å². The van der Waals surface area contributed by atoms with Crippen LogP contribution in [0.3, 0.4) is 0 Å². The monoisotopic (exact) mass is 551 g/mol. The van der Waals surface area contributed by atoms with Crippen molar-refractivity contribution in [3.05, 3.63) is 87.1 Å². The van der Waals surface area contributed by atoms with E-state index in [1.165, 1.54) is 16.2 Å². The molecular weight excluding hydrogens is 526 g/mol. The van der Waals surface area contributed by atoms with Crippen LogP contribution in [0.4, 0.5) is 10.5 Å². The minimum atomic E-state index is -0.494. The van der Waals surface area contributed by atoms with Gasteiger partial charge in [-0.05, 0) is 41.8 Å². The minimum Gasteiger partial charge on any atom is -0.445 e. The molecule has 1 atom stereocenters. The van der Waals surface area contributed by atoms with Crippen molar-refractivity contribution in [1.29, 1.82) is 0 Å². The predicted molar refractivity (Wildman–Crippen MR) is 146 cm³/mol. The zero-order valence-electron chi connectivity index (χ0n) is 20.5. The molecule has 8 nitrogen and oxygen atoms in total. The first kappa shape index (κ1) is 25.9. The summed E-state index contributed by atoms with van der Waals surface area (Å²) in [6, 6.07) is 20.5. The first-order valence-electron chi connectivity index (χ1n) is 12.3. The van der Waals surface area contributed by atoms with E-state index in [-0.39, 0.29) is 30.9 Å². The number of carbonyl (C=O) groups excluding carboxylic acids is 3. The number of hydrogen-bond acceptors (Lipinski definition) is 7. The Morgan fingerprint density at radius 2 is 1.84 bits per heavy atom. The summed E-state index contributed by atoms with van der Waals surface area (Å²) in [7, 11) is 0. The highest BCUT2D eigenvalue weighted by Crippen LogP contribution is 2.26. The fourth-order valence-corrected chi connectivity index (χ4v) is 5.39. The first-order valence-corrected chi connectivity index (χ1v) is 13.5. The Bertz CT molecular complexity index is 1340. The Kier molecular flexibility index (Phi) is 8.05. The second kappa shape index (κ2) is 11.8. The Balaban J connectivity index is 1.09. The Morgan fingerprint density at radius 3 is 2.55 bits per heavy atom. The van der Waals surface area contributed by atoms with Crippen LogP contribution in [0, 0.1) is 0 Å². The Morgan fingerprint density at radius 1 is 1.05 bits per heavy atom. The third-order valence-corrected chi connectivity index (χ3v) is 7.74. The zero-order valence-corrected chi connectivity index (χ0v) is 22.1. The molecule has 0 aliphatic carbocycles. The molecule has 3 heterocycles. The molecule has 0 bridgehead atoms. The summed E-state index contributed by atoms with van der Waals surface area (Å²) < 4.78 is 5.96. The Hall–Kier alpha value is -3.69. The van der Waals surface area contributed by atoms with Crippen molar-refractivity contribution in [2.45, 2.75) is 32.0 Å². The van der Waals surface area contributed by atoms with Crippen LogP contribution in [-0.4, -0.2) is 54.1 Å². The van der Waals surface area contributed by atoms with E-state index in [1.54, 1.807) is 17.0 Å². The largest absolute Gasteiger partial charge is 0.445 e. The second-order valence-corrected chi connectivity index (χ2v) is 10.8. The number of anilines is 1. The van der Waals surface area contributed by atoms with E-state index in [0.717, 1.165) is 22.5 Å². The van der Waals surface area contributed by atoms with Crippen LogP contribution in [0.2, 0.25) is 4.34 Å². The van der Waals surface area contributed by atoms with E-state index >= 15 is 0 Å². The van der Waals surface area contributed by atoms with E-state index in [4.69, 9.17) is 21.2 Å². The lowest BCUT2D eigenvalue weighted by Crippen LogP contribution is -2.52. The highest BCUT2D eigenvalue weighted by Gasteiger charge is 2.29. The van der Waals surface area contributed by atoms with E-state index in [9.17, 15) is 14.4 Å². The average molecular weight is 552 g/mol. The number of ether oxygens (including phenoxy) is 1. The van der Waals surface area contributed by atoms with Gasteiger partial charge in [0.1, 0.15) is 19.3 Å². The number of halogens is 1. The summed E-state index contributed by atoms with van der Waals surface area (Å²) in [5.41, 5.74) is 3.37. The molecule has 0 N–H and O–H groups in total. The van der Waals surface area contributed by atoms with Crippen LogP contribution in [0.5, 0.6) is 0 Å². The normalized spacial score (nSPS) is 17.2. The van der Waals surface area contributed by atoms with Gasteiger partial charge in [0.05, 0.1) is 14.9 Å². The summed E-state index contributed by atoms with van der Waals surface area (Å²) in [5.74, 6) is -0.114. The number of benzene rings is 2. The van der Waals surface area contributed by atoms with Gasteiger partial charge in [0.15, 0.2) is 5.78 Å². The van der Waals surface area contributed by atoms with Gasteiger partial charge in [-0.1, -0.05) is 59.2 Å². The van der Waals surface area contributed by atoms with Gasteiger partial charge in [-0.15, -0.1) is 11.3 Å². The lowest BCUT2D eigenvalue weighted by atomic mass is 10.0. The van der Waals surface area contributed by atoms with E-state index in [1.807, 2.05) is 54.6 Å². The summed E-state index contributed by atoms with van der Waals surface area (Å²) in [4.78, 5) is 46.9. The van der Waals surface area contributed by atoms with Crippen molar-refractivity contribution >= 4 is 52.1 Å². The average Bonchev–Trinajstić information content (AvgIpc) is 3.60. The zero-order chi connectivity index (χ0) is 26.5. The van der Waals surface area contributed by atoms with Crippen molar-refractivity contribution < 1.29 is 24.0 Å². The molecule has 5 rings (SSSR count). The maximum atomic E-state index is 12.8. The SMILES string of the molecule is O=C(CCC1CC(c2ccc(N3CCN(C(=O)OCc4ccccc4)CC3=O)cc2)=NO1)c1ccc(Cl)s1. The van der Waals surface area contributed by atoms with E-state index in [2.05, 4.69) is 5.16 Å². The fourth-order valence-electron chi connectivity index (χ4n) is 4.38. The summed E-state index contributed by atoms with van der Waals surface area (Å²) in [5, 5.41) is 4.22. The highest BCUT2D eigenvalue weighted by molar-refractivity contribution is 7.18. The molecule has 0 saturated carbocycles. The predicted octanol–water partition coefficient (Wildman–Crippen LogP) is 5.54. The van der Waals surface area contributed by atoms with Crippen LogP contribution in [-0.2, 0) is 21.0 Å². The van der Waals surface area contributed by atoms with E-state index in [0.29, 0.717) is 41.6 Å². The minimum absolute atomic E-state index is 0.0337. The number of Topliss-reactive ketones (excluding diaryl/α,β-unsaturated/α-hetero) is 1. The number of nitrogens with zero attached hydrogens (tertiary/aromatic N) is 3. The molecular formula is C28H26ClN3O5S. The molecule has 1 unspecified atom stereocenters. The molecule has 2 aromatic carbocycles. The number of rotatable bonds is 8. The maximum absolute atomic E-state index is 12.8. The Labute approximate surface area is 229 Å². The number of piperazine rings is 1. The van der Waals surface area contributed by atoms with Gasteiger partial charge in [-0.25, -0.2) is 4.79 Å². The quantitative estimate of drug-likeness (QED) is 0.343. The smallest absolute Gasteiger partial charge is 0.410 e. The van der Waals surface area contributed by atoms with Crippen molar-refractivity contribution in [3.8, 4) is 0 Å².